The normalized spacial score (nSPS) is 11.6. The van der Waals surface area contributed by atoms with Crippen LogP contribution < -0.4 is 10.0 Å². The summed E-state index contributed by atoms with van der Waals surface area (Å²) in [6.45, 7) is 1.93. The van der Waals surface area contributed by atoms with E-state index in [1.807, 2.05) is 0 Å². The van der Waals surface area contributed by atoms with Gasteiger partial charge >= 0.3 is 0 Å². The van der Waals surface area contributed by atoms with Gasteiger partial charge in [0.25, 0.3) is 10.0 Å². The summed E-state index contributed by atoms with van der Waals surface area (Å²) in [6.07, 6.45) is 0. The summed E-state index contributed by atoms with van der Waals surface area (Å²) in [4.78, 5) is 0. The zero-order chi connectivity index (χ0) is 14.8. The SMILES string of the molecule is CNS(=O)(=O)c1ccc(CNc2cccc(F)c2C)o1. The third-order valence-corrected chi connectivity index (χ3v) is 4.18. The highest BCUT2D eigenvalue weighted by Crippen LogP contribution is 2.19. The second-order valence-electron chi connectivity index (χ2n) is 4.19. The van der Waals surface area contributed by atoms with Crippen LogP contribution in [0.25, 0.3) is 0 Å². The van der Waals surface area contributed by atoms with E-state index in [4.69, 9.17) is 4.42 Å². The lowest BCUT2D eigenvalue weighted by molar-refractivity contribution is 0.417. The van der Waals surface area contributed by atoms with Crippen LogP contribution >= 0.6 is 0 Å². The van der Waals surface area contributed by atoms with Gasteiger partial charge in [0.1, 0.15) is 11.6 Å². The fraction of sp³-hybridized carbons (Fsp3) is 0.231. The lowest BCUT2D eigenvalue weighted by atomic mass is 10.2. The molecule has 0 amide bonds. The summed E-state index contributed by atoms with van der Waals surface area (Å²) in [6, 6.07) is 7.66. The van der Waals surface area contributed by atoms with Gasteiger partial charge in [0.05, 0.1) is 6.54 Å². The van der Waals surface area contributed by atoms with E-state index in [0.717, 1.165) is 0 Å². The molecule has 0 fully saturated rings. The second kappa shape index (κ2) is 5.64. The molecule has 5 nitrogen and oxygen atoms in total. The molecule has 0 spiro atoms. The van der Waals surface area contributed by atoms with Gasteiger partial charge in [-0.3, -0.25) is 0 Å². The Morgan fingerprint density at radius 3 is 2.70 bits per heavy atom. The van der Waals surface area contributed by atoms with Crippen molar-refractivity contribution in [1.82, 2.24) is 4.72 Å². The highest BCUT2D eigenvalue weighted by molar-refractivity contribution is 7.89. The Kier molecular flexibility index (Phi) is 4.10. The Balaban J connectivity index is 2.11. The molecule has 0 unspecified atom stereocenters. The molecule has 1 aromatic heterocycles. The third kappa shape index (κ3) is 3.00. The van der Waals surface area contributed by atoms with Crippen molar-refractivity contribution in [3.05, 3.63) is 47.5 Å². The van der Waals surface area contributed by atoms with E-state index in [-0.39, 0.29) is 17.5 Å². The molecule has 0 saturated carbocycles. The molecule has 0 atom stereocenters. The van der Waals surface area contributed by atoms with Crippen LogP contribution in [-0.2, 0) is 16.6 Å². The molecular weight excluding hydrogens is 283 g/mol. The lowest BCUT2D eigenvalue weighted by Gasteiger charge is -2.08. The molecule has 20 heavy (non-hydrogen) atoms. The largest absolute Gasteiger partial charge is 0.446 e. The van der Waals surface area contributed by atoms with Gasteiger partial charge in [0.15, 0.2) is 0 Å². The summed E-state index contributed by atoms with van der Waals surface area (Å²) < 4.78 is 43.8. The van der Waals surface area contributed by atoms with Crippen LogP contribution in [0.3, 0.4) is 0 Å². The fourth-order valence-electron chi connectivity index (χ4n) is 1.68. The first kappa shape index (κ1) is 14.5. The molecule has 7 heteroatoms. The molecule has 108 valence electrons. The molecule has 0 aliphatic rings. The molecule has 2 aromatic rings. The average molecular weight is 298 g/mol. The van der Waals surface area contributed by atoms with Crippen LogP contribution in [0.1, 0.15) is 11.3 Å². The summed E-state index contributed by atoms with van der Waals surface area (Å²) in [7, 11) is -2.27. The van der Waals surface area contributed by atoms with E-state index in [2.05, 4.69) is 10.0 Å². The van der Waals surface area contributed by atoms with Gasteiger partial charge in [-0.05, 0) is 38.2 Å². The molecule has 2 N–H and O–H groups in total. The van der Waals surface area contributed by atoms with Crippen LogP contribution in [0, 0.1) is 12.7 Å². The van der Waals surface area contributed by atoms with Crippen molar-refractivity contribution in [3.8, 4) is 0 Å². The zero-order valence-corrected chi connectivity index (χ0v) is 11.9. The number of hydrogen-bond donors (Lipinski definition) is 2. The molecule has 0 radical (unpaired) electrons. The van der Waals surface area contributed by atoms with Gasteiger partial charge in [0, 0.05) is 11.3 Å². The smallest absolute Gasteiger partial charge is 0.273 e. The highest BCUT2D eigenvalue weighted by Gasteiger charge is 2.16. The number of rotatable bonds is 5. The van der Waals surface area contributed by atoms with Crippen molar-refractivity contribution >= 4 is 15.7 Å². The molecular formula is C13H15FN2O3S. The van der Waals surface area contributed by atoms with Crippen molar-refractivity contribution in [1.29, 1.82) is 0 Å². The van der Waals surface area contributed by atoms with Crippen LogP contribution in [0.15, 0.2) is 39.8 Å². The fourth-order valence-corrected chi connectivity index (χ4v) is 2.34. The summed E-state index contributed by atoms with van der Waals surface area (Å²) in [5.41, 5.74) is 1.14. The maximum Gasteiger partial charge on any atom is 0.273 e. The topological polar surface area (TPSA) is 71.3 Å². The van der Waals surface area contributed by atoms with Crippen molar-refractivity contribution in [2.75, 3.05) is 12.4 Å². The summed E-state index contributed by atoms with van der Waals surface area (Å²) in [5, 5.41) is 2.86. The second-order valence-corrected chi connectivity index (χ2v) is 6.01. The van der Waals surface area contributed by atoms with Crippen molar-refractivity contribution in [2.45, 2.75) is 18.6 Å². The summed E-state index contributed by atoms with van der Waals surface area (Å²) in [5.74, 6) is 0.149. The Bertz CT molecular complexity index is 710. The van der Waals surface area contributed by atoms with E-state index in [1.54, 1.807) is 25.1 Å². The third-order valence-electron chi connectivity index (χ3n) is 2.89. The molecule has 1 aromatic carbocycles. The first-order valence-electron chi connectivity index (χ1n) is 5.95. The van der Waals surface area contributed by atoms with Crippen molar-refractivity contribution in [2.24, 2.45) is 0 Å². The minimum absolute atomic E-state index is 0.146. The molecule has 2 rings (SSSR count). The molecule has 1 heterocycles. The zero-order valence-electron chi connectivity index (χ0n) is 11.1. The van der Waals surface area contributed by atoms with E-state index >= 15 is 0 Å². The maximum atomic E-state index is 13.4. The monoisotopic (exact) mass is 298 g/mol. The number of furan rings is 1. The van der Waals surface area contributed by atoms with Crippen LogP contribution in [0.4, 0.5) is 10.1 Å². The standard InChI is InChI=1S/C13H15FN2O3S/c1-9-11(14)4-3-5-12(9)16-8-10-6-7-13(19-10)20(17,18)15-2/h3-7,15-16H,8H2,1-2H3. The van der Waals surface area contributed by atoms with E-state index in [1.165, 1.54) is 19.2 Å². The predicted octanol–water partition coefficient (Wildman–Crippen LogP) is 2.25. The highest BCUT2D eigenvalue weighted by atomic mass is 32.2. The Morgan fingerprint density at radius 2 is 2.00 bits per heavy atom. The number of anilines is 1. The van der Waals surface area contributed by atoms with Crippen LogP contribution in [-0.4, -0.2) is 15.5 Å². The number of nitrogens with one attached hydrogen (secondary N) is 2. The van der Waals surface area contributed by atoms with Gasteiger partial charge in [0.2, 0.25) is 5.09 Å². The first-order valence-corrected chi connectivity index (χ1v) is 7.43. The molecule has 0 bridgehead atoms. The van der Waals surface area contributed by atoms with Gasteiger partial charge in [-0.15, -0.1) is 0 Å². The van der Waals surface area contributed by atoms with Crippen molar-refractivity contribution < 1.29 is 17.2 Å². The van der Waals surface area contributed by atoms with Gasteiger partial charge in [-0.25, -0.2) is 17.5 Å². The maximum absolute atomic E-state index is 13.4. The first-order chi connectivity index (χ1) is 9.44. The van der Waals surface area contributed by atoms with Crippen LogP contribution in [0.5, 0.6) is 0 Å². The number of benzene rings is 1. The number of halogens is 1. The quantitative estimate of drug-likeness (QED) is 0.888. The molecule has 0 aliphatic heterocycles. The molecule has 0 aliphatic carbocycles. The molecule has 0 saturated heterocycles. The minimum atomic E-state index is -3.58. The Morgan fingerprint density at radius 1 is 1.25 bits per heavy atom. The van der Waals surface area contributed by atoms with E-state index in [9.17, 15) is 12.8 Å². The van der Waals surface area contributed by atoms with Crippen LogP contribution in [0.2, 0.25) is 0 Å². The predicted molar refractivity (Wildman–Crippen MR) is 73.4 cm³/mol. The van der Waals surface area contributed by atoms with E-state index < -0.39 is 10.0 Å². The summed E-state index contributed by atoms with van der Waals surface area (Å²) >= 11 is 0. The average Bonchev–Trinajstić information content (AvgIpc) is 2.90. The van der Waals surface area contributed by atoms with Gasteiger partial charge in [-0.2, -0.15) is 0 Å². The minimum Gasteiger partial charge on any atom is -0.446 e. The number of hydrogen-bond acceptors (Lipinski definition) is 4. The number of sulfonamides is 1. The Hall–Kier alpha value is -1.86. The Labute approximate surface area is 116 Å². The lowest BCUT2D eigenvalue weighted by Crippen LogP contribution is -2.17. The van der Waals surface area contributed by atoms with Crippen molar-refractivity contribution in [3.63, 3.8) is 0 Å². The van der Waals surface area contributed by atoms with Gasteiger partial charge in [-0.1, -0.05) is 6.07 Å². The van der Waals surface area contributed by atoms with E-state index in [0.29, 0.717) is 17.0 Å². The van der Waals surface area contributed by atoms with Gasteiger partial charge < -0.3 is 9.73 Å².